The van der Waals surface area contributed by atoms with Crippen molar-refractivity contribution in [3.05, 3.63) is 48.5 Å². The van der Waals surface area contributed by atoms with E-state index in [9.17, 15) is 139 Å². The molecule has 2 saturated heterocycles. The standard InChI is InChI=1S/C40H62N4O40S6.6Na/c45-21(29(51)31(53)23(47)13-75-39-37(83-89(69,70)71)33(55)35(81-87(63,64)65)25(79-39)15-77-85(57,58)59)11-41-17-3-1-5-19(9-17)43-27(49)7-8-28(50)44-20-6-2-4-18(10-20)42-12-22(46)30(52)32(54)24(48)14-76-40-38(84-90(72,73)74)34(56)36(82-88(66,67)68)26(80-40)16-78-86(60,61)62;;;;;;/h1-6,9-10,21-26,29-42,45-48,51-56H,7-8,11-16H2,(H,43,49)(H,44,50)(H,57,58,59)(H,60,61,62)(H,63,64,65)(H,66,67,68)(H,69,70,71)(H,72,73,74);;;;;;/q;6*+1/p-6/t21-,22-,23+,24+,25-,26-,29+,30+,31+,32+,33-,34-,35+,36+,37+,38+,39+,40+;;;;;;/m0....../s1. The van der Waals surface area contributed by atoms with Crippen molar-refractivity contribution in [1.82, 2.24) is 0 Å². The van der Waals surface area contributed by atoms with E-state index in [0.29, 0.717) is 0 Å². The van der Waals surface area contributed by atoms with E-state index in [1.165, 1.54) is 48.5 Å². The molecule has 0 radical (unpaired) electrons. The molecule has 518 valence electrons. The molecule has 44 nitrogen and oxygen atoms in total. The van der Waals surface area contributed by atoms with Gasteiger partial charge >= 0.3 is 198 Å². The molecule has 18 atom stereocenters. The normalized spacial score (nSPS) is 24.7. The van der Waals surface area contributed by atoms with Crippen molar-refractivity contribution in [1.29, 1.82) is 0 Å². The number of aliphatic imine (C=N–C) groups is 2. The minimum absolute atomic E-state index is 0. The third-order valence-electron chi connectivity index (χ3n) is 11.8. The van der Waals surface area contributed by atoms with Crippen LogP contribution in [-0.2, 0) is 106 Å². The summed E-state index contributed by atoms with van der Waals surface area (Å²) in [7, 11) is -34.2. The fraction of sp³-hybridized carbons (Fsp3) is 0.650. The monoisotopic (exact) mass is 1560 g/mol. The van der Waals surface area contributed by atoms with Crippen molar-refractivity contribution in [3.63, 3.8) is 0 Å². The number of rotatable bonds is 37. The largest absolute Gasteiger partial charge is 1.00 e. The van der Waals surface area contributed by atoms with Crippen LogP contribution in [0, 0.1) is 0 Å². The fourth-order valence-electron chi connectivity index (χ4n) is 7.79. The van der Waals surface area contributed by atoms with Crippen LogP contribution in [-0.4, -0.2) is 290 Å². The third-order valence-corrected chi connectivity index (χ3v) is 14.5. The van der Waals surface area contributed by atoms with E-state index < -0.39 is 237 Å². The van der Waals surface area contributed by atoms with Gasteiger partial charge in [0, 0.05) is 24.5 Å². The Balaban J connectivity index is -0.0000144. The summed E-state index contributed by atoms with van der Waals surface area (Å²) in [5, 5.41) is 137. The second-order valence-electron chi connectivity index (χ2n) is 18.6. The predicted molar refractivity (Wildman–Crippen MR) is 276 cm³/mol. The second kappa shape index (κ2) is 45.3. The molecule has 2 aromatic carbocycles. The zero-order chi connectivity index (χ0) is 68.1. The van der Waals surface area contributed by atoms with Crippen molar-refractivity contribution >= 4 is 96.9 Å². The van der Waals surface area contributed by atoms with Gasteiger partial charge < -0.3 is 109 Å². The van der Waals surface area contributed by atoms with Crippen LogP contribution < -0.4 is 198 Å². The van der Waals surface area contributed by atoms with Gasteiger partial charge in [0.05, 0.1) is 50.0 Å². The molecular weight excluding hydrogens is 1510 g/mol. The van der Waals surface area contributed by atoms with Crippen molar-refractivity contribution in [3.8, 4) is 0 Å². The molecule has 0 aromatic heterocycles. The summed E-state index contributed by atoms with van der Waals surface area (Å²) in [5.74, 6) is -1.68. The van der Waals surface area contributed by atoms with Gasteiger partial charge in [0.2, 0.25) is 41.6 Å². The summed E-state index contributed by atoms with van der Waals surface area (Å²) in [6, 6.07) is 10.7. The van der Waals surface area contributed by atoms with Crippen molar-refractivity contribution in [2.75, 3.05) is 50.2 Å². The Morgan fingerprint density at radius 1 is 0.469 bits per heavy atom. The van der Waals surface area contributed by atoms with E-state index in [4.69, 9.17) is 18.9 Å². The zero-order valence-corrected chi connectivity index (χ0v) is 67.7. The summed E-state index contributed by atoms with van der Waals surface area (Å²) in [5.41, 5.74) is 0.232. The maximum absolute atomic E-state index is 12.7. The first-order valence-corrected chi connectivity index (χ1v) is 32.7. The van der Waals surface area contributed by atoms with Gasteiger partial charge in [-0.1, -0.05) is 12.1 Å². The maximum Gasteiger partial charge on any atom is 1.00 e. The van der Waals surface area contributed by atoms with Crippen molar-refractivity contribution in [2.45, 2.75) is 123 Å². The number of nitrogens with one attached hydrogen (secondary N) is 2. The molecule has 56 heteroatoms. The summed E-state index contributed by atoms with van der Waals surface area (Å²) in [6.45, 7) is -6.86. The van der Waals surface area contributed by atoms with Crippen LogP contribution in [0.25, 0.3) is 0 Å². The Hall–Kier alpha value is 1.64. The van der Waals surface area contributed by atoms with Crippen LogP contribution in [0.15, 0.2) is 58.5 Å². The molecule has 2 aliphatic rings. The molecule has 0 amide bonds. The number of benzene rings is 2. The van der Waals surface area contributed by atoms with Gasteiger partial charge in [-0.05, 0) is 61.0 Å². The molecule has 0 saturated carbocycles. The maximum atomic E-state index is 12.7. The van der Waals surface area contributed by atoms with Gasteiger partial charge in [-0.15, -0.1) is 0 Å². The zero-order valence-electron chi connectivity index (χ0n) is 50.8. The van der Waals surface area contributed by atoms with Crippen LogP contribution in [0.3, 0.4) is 0 Å². The fourth-order valence-corrected chi connectivity index (χ4v) is 10.4. The summed E-state index contributed by atoms with van der Waals surface area (Å²) < 4.78 is 243. The van der Waals surface area contributed by atoms with Crippen LogP contribution >= 0.6 is 0 Å². The molecule has 0 spiro atoms. The number of ether oxygens (including phenoxy) is 4. The topological polar surface area (TPSA) is 727 Å². The Kier molecular flexibility index (Phi) is 48.1. The molecule has 2 fully saturated rings. The molecule has 4 rings (SSSR count). The van der Waals surface area contributed by atoms with Crippen molar-refractivity contribution in [2.24, 2.45) is 9.98 Å². The number of aliphatic hydroxyl groups excluding tert-OH is 10. The Labute approximate surface area is 680 Å². The van der Waals surface area contributed by atoms with Gasteiger partial charge in [-0.3, -0.25) is 35.8 Å². The van der Waals surface area contributed by atoms with Crippen molar-refractivity contribution < 1.29 is 360 Å². The Bertz CT molecular complexity index is 3230. The number of aliphatic hydroxyl groups is 10. The van der Waals surface area contributed by atoms with Gasteiger partial charge in [-0.25, -0.2) is 42.0 Å². The minimum Gasteiger partial charge on any atom is -0.862 e. The number of hydrogen-bond acceptors (Lipinski definition) is 42. The van der Waals surface area contributed by atoms with E-state index in [2.05, 4.69) is 45.7 Å². The van der Waals surface area contributed by atoms with Gasteiger partial charge in [-0.2, -0.15) is 16.8 Å². The van der Waals surface area contributed by atoms with Gasteiger partial charge in [0.1, 0.15) is 73.2 Å². The van der Waals surface area contributed by atoms with Crippen LogP contribution in [0.4, 0.5) is 22.7 Å². The molecular formula is C40H56N4Na6O40S6. The average Bonchev–Trinajstić information content (AvgIpc) is 0.791. The molecule has 2 aromatic rings. The molecule has 0 aliphatic carbocycles. The Morgan fingerprint density at radius 2 is 0.771 bits per heavy atom. The number of nitrogens with zero attached hydrogens (tertiary/aromatic N) is 2. The summed E-state index contributed by atoms with van der Waals surface area (Å²) in [6.07, 6.45) is -44.2. The average molecular weight is 1560 g/mol. The second-order valence-corrected chi connectivity index (χ2v) is 24.9. The molecule has 2 heterocycles. The summed E-state index contributed by atoms with van der Waals surface area (Å²) >= 11 is 0. The van der Waals surface area contributed by atoms with Crippen LogP contribution in [0.1, 0.15) is 12.8 Å². The van der Waals surface area contributed by atoms with E-state index in [1.807, 2.05) is 0 Å². The van der Waals surface area contributed by atoms with Gasteiger partial charge in [0.15, 0.2) is 24.8 Å². The molecule has 2 aliphatic heterocycles. The smallest absolute Gasteiger partial charge is 0.862 e. The van der Waals surface area contributed by atoms with E-state index in [1.54, 1.807) is 0 Å². The van der Waals surface area contributed by atoms with Crippen LogP contribution in [0.2, 0.25) is 0 Å². The number of anilines is 2. The third kappa shape index (κ3) is 37.7. The first-order valence-electron chi connectivity index (χ1n) is 24.6. The first-order chi connectivity index (χ1) is 41.3. The number of hydrogen-bond donors (Lipinski definition) is 14. The minimum atomic E-state index is -5.84. The SMILES string of the molecule is O=S(=O)([O-])OC[C@@H]1O[C@@H](OC[C@@H](O)[C@@H](O)[C@H](O)[C@@H](O)CNc2cccc(N=C([O-])CCC([O-])=Nc3cccc(NC[C@H](O)[C@@H](O)[C@H](O)[C@H](O)CO[C@@H]4O[C@@H](COS(=O)(=O)[O-])[C@@H](OS(=O)(=O)[O-])[C@H](O)[C@H]4OS(=O)(=O)O)c3)c2)[C@H](OS(=O)(=O)O)[C@@H](O)[C@@H]1OS(=O)(=O)[O-].[Na+].[Na+].[Na+].[Na+].[Na+].[Na+]. The quantitative estimate of drug-likeness (QED) is 0.00982. The first kappa shape index (κ1) is 102. The molecule has 96 heavy (non-hydrogen) atoms. The van der Waals surface area contributed by atoms with E-state index >= 15 is 0 Å². The molecule has 14 N–H and O–H groups in total. The predicted octanol–water partition coefficient (Wildman–Crippen LogP) is -29.1. The summed E-state index contributed by atoms with van der Waals surface area (Å²) in [4.78, 5) is 7.73. The Morgan fingerprint density at radius 3 is 1.05 bits per heavy atom. The molecule has 0 unspecified atom stereocenters. The van der Waals surface area contributed by atoms with Gasteiger partial charge in [0.25, 0.3) is 0 Å². The van der Waals surface area contributed by atoms with Crippen LogP contribution in [0.5, 0.6) is 0 Å². The van der Waals surface area contributed by atoms with E-state index in [-0.39, 0.29) is 200 Å². The van der Waals surface area contributed by atoms with E-state index in [0.717, 1.165) is 0 Å². The molecule has 0 bridgehead atoms.